The van der Waals surface area contributed by atoms with E-state index in [1.807, 2.05) is 0 Å². The van der Waals surface area contributed by atoms with Gasteiger partial charge in [-0.05, 0) is 37.6 Å². The van der Waals surface area contributed by atoms with Gasteiger partial charge in [-0.3, -0.25) is 9.59 Å². The van der Waals surface area contributed by atoms with Crippen molar-refractivity contribution in [3.63, 3.8) is 0 Å². The zero-order chi connectivity index (χ0) is 13.0. The van der Waals surface area contributed by atoms with Crippen LogP contribution in [0.3, 0.4) is 0 Å². The SMILES string of the molecule is CCC(=O)C(C)NC(=O)c1ccc(O)cc1C. The van der Waals surface area contributed by atoms with Crippen molar-refractivity contribution in [1.82, 2.24) is 5.32 Å². The Morgan fingerprint density at radius 2 is 2.06 bits per heavy atom. The van der Waals surface area contributed by atoms with Crippen molar-refractivity contribution in [2.75, 3.05) is 0 Å². The summed E-state index contributed by atoms with van der Waals surface area (Å²) < 4.78 is 0. The average molecular weight is 235 g/mol. The van der Waals surface area contributed by atoms with Crippen LogP contribution in [0.2, 0.25) is 0 Å². The lowest BCUT2D eigenvalue weighted by Crippen LogP contribution is -2.38. The molecule has 0 spiro atoms. The van der Waals surface area contributed by atoms with Gasteiger partial charge >= 0.3 is 0 Å². The second-order valence-electron chi connectivity index (χ2n) is 4.01. The van der Waals surface area contributed by atoms with Gasteiger partial charge in [0.05, 0.1) is 6.04 Å². The molecule has 0 saturated carbocycles. The van der Waals surface area contributed by atoms with Crippen molar-refractivity contribution >= 4 is 11.7 Å². The van der Waals surface area contributed by atoms with E-state index in [-0.39, 0.29) is 17.4 Å². The lowest BCUT2D eigenvalue weighted by molar-refractivity contribution is -0.120. The number of aromatic hydroxyl groups is 1. The Balaban J connectivity index is 2.80. The van der Waals surface area contributed by atoms with Gasteiger partial charge in [0.15, 0.2) is 5.78 Å². The van der Waals surface area contributed by atoms with Crippen molar-refractivity contribution in [1.29, 1.82) is 0 Å². The molecule has 92 valence electrons. The van der Waals surface area contributed by atoms with Crippen LogP contribution in [0, 0.1) is 6.92 Å². The highest BCUT2D eigenvalue weighted by molar-refractivity contribution is 5.98. The van der Waals surface area contributed by atoms with Crippen molar-refractivity contribution in [3.05, 3.63) is 29.3 Å². The highest BCUT2D eigenvalue weighted by atomic mass is 16.3. The molecule has 0 aliphatic rings. The Labute approximate surface area is 101 Å². The number of nitrogens with one attached hydrogen (secondary N) is 1. The molecule has 1 aromatic carbocycles. The minimum Gasteiger partial charge on any atom is -0.508 e. The quantitative estimate of drug-likeness (QED) is 0.836. The van der Waals surface area contributed by atoms with Crippen LogP contribution in [0.15, 0.2) is 18.2 Å². The van der Waals surface area contributed by atoms with E-state index in [9.17, 15) is 14.7 Å². The smallest absolute Gasteiger partial charge is 0.252 e. The molecule has 1 atom stereocenters. The summed E-state index contributed by atoms with van der Waals surface area (Å²) in [5, 5.41) is 11.9. The van der Waals surface area contributed by atoms with Crippen molar-refractivity contribution in [3.8, 4) is 5.75 Å². The molecule has 4 nitrogen and oxygen atoms in total. The number of carbonyl (C=O) groups is 2. The standard InChI is InChI=1S/C13H17NO3/c1-4-12(16)9(3)14-13(17)11-6-5-10(15)7-8(11)2/h5-7,9,15H,4H2,1-3H3,(H,14,17). The maximum Gasteiger partial charge on any atom is 0.252 e. The Kier molecular flexibility index (Phi) is 4.26. The molecule has 1 rings (SSSR count). The molecule has 0 bridgehead atoms. The molecule has 0 aromatic heterocycles. The largest absolute Gasteiger partial charge is 0.508 e. The van der Waals surface area contributed by atoms with Crippen LogP contribution < -0.4 is 5.32 Å². The Morgan fingerprint density at radius 3 is 2.59 bits per heavy atom. The third-order valence-corrected chi connectivity index (χ3v) is 2.63. The minimum absolute atomic E-state index is 0.00483. The molecule has 0 heterocycles. The molecular formula is C13H17NO3. The summed E-state index contributed by atoms with van der Waals surface area (Å²) in [4.78, 5) is 23.2. The molecule has 0 saturated heterocycles. The Bertz CT molecular complexity index is 440. The third-order valence-electron chi connectivity index (χ3n) is 2.63. The number of hydrogen-bond acceptors (Lipinski definition) is 3. The molecule has 1 aromatic rings. The summed E-state index contributed by atoms with van der Waals surface area (Å²) in [7, 11) is 0. The molecule has 17 heavy (non-hydrogen) atoms. The zero-order valence-corrected chi connectivity index (χ0v) is 10.3. The van der Waals surface area contributed by atoms with Gasteiger partial charge in [-0.2, -0.15) is 0 Å². The fourth-order valence-electron chi connectivity index (χ4n) is 1.56. The van der Waals surface area contributed by atoms with E-state index in [1.165, 1.54) is 12.1 Å². The van der Waals surface area contributed by atoms with E-state index in [2.05, 4.69) is 5.32 Å². The van der Waals surface area contributed by atoms with Gasteiger partial charge in [0.25, 0.3) is 5.91 Å². The second kappa shape index (κ2) is 5.48. The number of amides is 1. The first-order valence-corrected chi connectivity index (χ1v) is 5.59. The van der Waals surface area contributed by atoms with E-state index in [0.29, 0.717) is 17.5 Å². The predicted molar refractivity (Wildman–Crippen MR) is 65.1 cm³/mol. The molecule has 1 amide bonds. The van der Waals surface area contributed by atoms with Gasteiger partial charge in [-0.15, -0.1) is 0 Å². The van der Waals surface area contributed by atoms with Gasteiger partial charge in [0.1, 0.15) is 5.75 Å². The maximum atomic E-state index is 11.9. The molecule has 1 unspecified atom stereocenters. The number of benzene rings is 1. The topological polar surface area (TPSA) is 66.4 Å². The summed E-state index contributed by atoms with van der Waals surface area (Å²) in [6.07, 6.45) is 0.399. The summed E-state index contributed by atoms with van der Waals surface area (Å²) in [6, 6.07) is 4.03. The minimum atomic E-state index is -0.485. The van der Waals surface area contributed by atoms with Gasteiger partial charge < -0.3 is 10.4 Å². The maximum absolute atomic E-state index is 11.9. The van der Waals surface area contributed by atoms with E-state index in [4.69, 9.17) is 0 Å². The van der Waals surface area contributed by atoms with Crippen molar-refractivity contribution < 1.29 is 14.7 Å². The molecule has 0 aliphatic carbocycles. The molecule has 0 aliphatic heterocycles. The molecule has 4 heteroatoms. The number of hydrogen-bond donors (Lipinski definition) is 2. The van der Waals surface area contributed by atoms with Gasteiger partial charge in [-0.25, -0.2) is 0 Å². The summed E-state index contributed by atoms with van der Waals surface area (Å²) in [5.74, 6) is -0.177. The lowest BCUT2D eigenvalue weighted by atomic mass is 10.1. The Hall–Kier alpha value is -1.84. The number of Topliss-reactive ketones (excluding diaryl/α,β-unsaturated/α-hetero) is 1. The lowest BCUT2D eigenvalue weighted by Gasteiger charge is -2.13. The highest BCUT2D eigenvalue weighted by Gasteiger charge is 2.16. The predicted octanol–water partition coefficient (Wildman–Crippen LogP) is 1.80. The van der Waals surface area contributed by atoms with Crippen LogP contribution in [-0.4, -0.2) is 22.8 Å². The zero-order valence-electron chi connectivity index (χ0n) is 10.3. The Morgan fingerprint density at radius 1 is 1.41 bits per heavy atom. The second-order valence-corrected chi connectivity index (χ2v) is 4.01. The first kappa shape index (κ1) is 13.2. The van der Waals surface area contributed by atoms with Crippen molar-refractivity contribution in [2.24, 2.45) is 0 Å². The van der Waals surface area contributed by atoms with Crippen LogP contribution in [-0.2, 0) is 4.79 Å². The number of aryl methyl sites for hydroxylation is 1. The van der Waals surface area contributed by atoms with Crippen LogP contribution in [0.1, 0.15) is 36.2 Å². The molecule has 0 radical (unpaired) electrons. The van der Waals surface area contributed by atoms with Crippen LogP contribution >= 0.6 is 0 Å². The van der Waals surface area contributed by atoms with E-state index < -0.39 is 6.04 Å². The highest BCUT2D eigenvalue weighted by Crippen LogP contribution is 2.15. The van der Waals surface area contributed by atoms with E-state index in [1.54, 1.807) is 26.8 Å². The van der Waals surface area contributed by atoms with Crippen LogP contribution in [0.4, 0.5) is 0 Å². The molecular weight excluding hydrogens is 218 g/mol. The molecule has 0 fully saturated rings. The first-order valence-electron chi connectivity index (χ1n) is 5.59. The fourth-order valence-corrected chi connectivity index (χ4v) is 1.56. The van der Waals surface area contributed by atoms with E-state index >= 15 is 0 Å². The molecule has 2 N–H and O–H groups in total. The number of phenolic OH excluding ortho intramolecular Hbond substituents is 1. The van der Waals surface area contributed by atoms with Crippen molar-refractivity contribution in [2.45, 2.75) is 33.2 Å². The number of rotatable bonds is 4. The van der Waals surface area contributed by atoms with Gasteiger partial charge in [-0.1, -0.05) is 6.92 Å². The number of phenols is 1. The monoisotopic (exact) mass is 235 g/mol. The van der Waals surface area contributed by atoms with Gasteiger partial charge in [0.2, 0.25) is 0 Å². The number of carbonyl (C=O) groups excluding carboxylic acids is 2. The normalized spacial score (nSPS) is 11.9. The van der Waals surface area contributed by atoms with Crippen LogP contribution in [0.5, 0.6) is 5.75 Å². The summed E-state index contributed by atoms with van der Waals surface area (Å²) >= 11 is 0. The fraction of sp³-hybridized carbons (Fsp3) is 0.385. The first-order chi connectivity index (χ1) is 7.95. The van der Waals surface area contributed by atoms with Gasteiger partial charge in [0, 0.05) is 12.0 Å². The number of ketones is 1. The summed E-state index contributed by atoms with van der Waals surface area (Å²) in [5.41, 5.74) is 1.15. The summed E-state index contributed by atoms with van der Waals surface area (Å²) in [6.45, 7) is 5.16. The van der Waals surface area contributed by atoms with E-state index in [0.717, 1.165) is 0 Å². The third kappa shape index (κ3) is 3.31. The average Bonchev–Trinajstić information content (AvgIpc) is 2.27. The van der Waals surface area contributed by atoms with Crippen LogP contribution in [0.25, 0.3) is 0 Å².